The Labute approximate surface area is 499 Å². The molecule has 2 unspecified atom stereocenters. The summed E-state index contributed by atoms with van der Waals surface area (Å²) in [5.74, 6) is 0. The maximum Gasteiger partial charge on any atom is 0.0775 e. The molecule has 398 valence electrons. The minimum atomic E-state index is -1.47. The maximum atomic E-state index is 2.59. The van der Waals surface area contributed by atoms with Gasteiger partial charge in [0, 0.05) is 41.1 Å². The molecule has 18 rings (SSSR count). The highest BCUT2D eigenvalue weighted by atomic mass is 32.2. The molecule has 5 heteroatoms. The highest BCUT2D eigenvalue weighted by molar-refractivity contribution is 8.00. The molecule has 0 fully saturated rings. The van der Waals surface area contributed by atoms with Crippen LogP contribution in [0.3, 0.4) is 0 Å². The first-order chi connectivity index (χ1) is 41.2. The van der Waals surface area contributed by atoms with Crippen LogP contribution in [0.2, 0.25) is 19.6 Å². The second-order valence-corrected chi connectivity index (χ2v) is 31.9. The van der Waals surface area contributed by atoms with Gasteiger partial charge in [0.05, 0.1) is 52.3 Å². The van der Waals surface area contributed by atoms with Crippen LogP contribution in [-0.4, -0.2) is 17.2 Å². The Morgan fingerprint density at radius 1 is 0.357 bits per heavy atom. The summed E-state index contributed by atoms with van der Waals surface area (Å²) < 4.78 is 5.13. The summed E-state index contributed by atoms with van der Waals surface area (Å²) in [6.07, 6.45) is 0.812. The Bertz CT molecular complexity index is 5190. The van der Waals surface area contributed by atoms with Crippen LogP contribution in [0.25, 0.3) is 77.2 Å². The second kappa shape index (κ2) is 17.6. The predicted molar refractivity (Wildman–Crippen MR) is 355 cm³/mol. The normalized spacial score (nSPS) is 16.9. The van der Waals surface area contributed by atoms with Crippen molar-refractivity contribution in [1.29, 1.82) is 0 Å². The standard InChI is InChI=1S/C79H56N2S2Si/c1-48-43-50(46-52(44-48)55-21-16-31-67-77(55)83-73-36-14-9-27-63(73)78(67)60-24-6-11-33-70(60)80-68-32-10-5-19-56(68)57-22-17-28-64(78)74(57)80)45-49-37-42-69-59(47-49)58-23-18-29-65-75(58)81(69)71-34-12-7-25-61(71)79(65)62-26-8-13-35-72(62)82-76-54(20-15-30-66(76)79)51-38-40-53(41-39-51)84(2,3)4/h5-44,46-47H,45H2,1-4H3. The molecule has 0 saturated heterocycles. The van der Waals surface area contributed by atoms with Crippen LogP contribution >= 0.6 is 23.5 Å². The number of para-hydroxylation sites is 5. The third-order valence-corrected chi connectivity index (χ3v) is 23.7. The fourth-order valence-corrected chi connectivity index (χ4v) is 19.7. The lowest BCUT2D eigenvalue weighted by Gasteiger charge is -2.45. The van der Waals surface area contributed by atoms with Crippen molar-refractivity contribution < 1.29 is 0 Å². The molecule has 0 bridgehead atoms. The van der Waals surface area contributed by atoms with Crippen LogP contribution in [0, 0.1) is 6.92 Å². The van der Waals surface area contributed by atoms with Gasteiger partial charge in [0.25, 0.3) is 0 Å². The maximum absolute atomic E-state index is 2.59. The van der Waals surface area contributed by atoms with Crippen molar-refractivity contribution in [3.8, 4) is 33.6 Å². The van der Waals surface area contributed by atoms with E-state index in [4.69, 9.17) is 0 Å². The molecule has 84 heavy (non-hydrogen) atoms. The summed E-state index contributed by atoms with van der Waals surface area (Å²) in [4.78, 5) is 5.28. The number of fused-ring (bicyclic) bond motifs is 22. The van der Waals surface area contributed by atoms with Gasteiger partial charge in [-0.3, -0.25) is 0 Å². The molecule has 6 heterocycles. The molecule has 4 aliphatic heterocycles. The van der Waals surface area contributed by atoms with Crippen LogP contribution in [-0.2, 0) is 17.3 Å². The summed E-state index contributed by atoms with van der Waals surface area (Å²) >= 11 is 3.88. The fourth-order valence-electron chi connectivity index (χ4n) is 15.9. The molecule has 2 nitrogen and oxygen atoms in total. The lowest BCUT2D eigenvalue weighted by molar-refractivity contribution is 0.690. The number of hydrogen-bond donors (Lipinski definition) is 0. The molecule has 0 N–H and O–H groups in total. The predicted octanol–water partition coefficient (Wildman–Crippen LogP) is 20.0. The van der Waals surface area contributed by atoms with E-state index in [2.05, 4.69) is 290 Å². The number of aryl methyl sites for hydroxylation is 1. The third kappa shape index (κ3) is 6.44. The largest absolute Gasteiger partial charge is 0.309 e. The zero-order valence-corrected chi connectivity index (χ0v) is 49.8. The smallest absolute Gasteiger partial charge is 0.0775 e. The first-order valence-electron chi connectivity index (χ1n) is 29.5. The number of benzene rings is 12. The lowest BCUT2D eigenvalue weighted by Crippen LogP contribution is -2.38. The van der Waals surface area contributed by atoms with Crippen molar-refractivity contribution in [3.63, 3.8) is 0 Å². The Morgan fingerprint density at radius 3 is 1.44 bits per heavy atom. The minimum absolute atomic E-state index is 0.540. The highest BCUT2D eigenvalue weighted by Gasteiger charge is 2.52. The van der Waals surface area contributed by atoms with Crippen LogP contribution in [0.4, 0.5) is 0 Å². The molecule has 0 aliphatic carbocycles. The van der Waals surface area contributed by atoms with Crippen LogP contribution in [0.5, 0.6) is 0 Å². The molecule has 12 aromatic carbocycles. The Balaban J connectivity index is 0.787. The van der Waals surface area contributed by atoms with E-state index >= 15 is 0 Å². The van der Waals surface area contributed by atoms with E-state index in [1.54, 1.807) is 0 Å². The van der Waals surface area contributed by atoms with Crippen molar-refractivity contribution in [2.24, 2.45) is 0 Å². The lowest BCUT2D eigenvalue weighted by atomic mass is 9.62. The van der Waals surface area contributed by atoms with E-state index in [9.17, 15) is 0 Å². The van der Waals surface area contributed by atoms with E-state index < -0.39 is 18.9 Å². The molecule has 0 radical (unpaired) electrons. The molecule has 0 amide bonds. The quantitative estimate of drug-likeness (QED) is 0.159. The van der Waals surface area contributed by atoms with E-state index in [0.717, 1.165) is 6.42 Å². The first-order valence-corrected chi connectivity index (χ1v) is 34.7. The summed E-state index contributed by atoms with van der Waals surface area (Å²) in [6, 6.07) is 98.3. The monoisotopic (exact) mass is 1120 g/mol. The molecule has 2 aromatic heterocycles. The van der Waals surface area contributed by atoms with Gasteiger partial charge in [-0.05, 0) is 134 Å². The number of nitrogens with zero attached hydrogens (tertiary/aromatic N) is 2. The van der Waals surface area contributed by atoms with E-state index in [1.807, 2.05) is 23.5 Å². The highest BCUT2D eigenvalue weighted by Crippen LogP contribution is 2.64. The Kier molecular flexibility index (Phi) is 10.2. The SMILES string of the molecule is Cc1cc(Cc2ccc3c(c2)c2cccc4c2n3-c2ccccc2C42c3ccccc3Sc3c(-c4ccc([Si](C)(C)C)cc4)cccc32)cc(-c2cccc3c2Sc2ccccc2C32c3ccccc3-n3c4ccccc4c4cccc2c43)c1. The van der Waals surface area contributed by atoms with E-state index in [0.29, 0.717) is 0 Å². The molecule has 4 aliphatic rings. The summed E-state index contributed by atoms with van der Waals surface area (Å²) in [7, 11) is -1.47. The van der Waals surface area contributed by atoms with Crippen molar-refractivity contribution in [2.75, 3.05) is 0 Å². The van der Waals surface area contributed by atoms with Gasteiger partial charge in [0.2, 0.25) is 0 Å². The molecule has 0 saturated carbocycles. The Hall–Kier alpha value is -8.84. The van der Waals surface area contributed by atoms with Crippen LogP contribution in [0.1, 0.15) is 61.2 Å². The summed E-state index contributed by atoms with van der Waals surface area (Å²) in [5.41, 5.74) is 26.2. The third-order valence-electron chi connectivity index (χ3n) is 19.2. The van der Waals surface area contributed by atoms with Crippen LogP contribution in [0.15, 0.2) is 274 Å². The number of aromatic nitrogens is 2. The van der Waals surface area contributed by atoms with Gasteiger partial charge in [0.1, 0.15) is 0 Å². The van der Waals surface area contributed by atoms with Crippen molar-refractivity contribution in [1.82, 2.24) is 9.13 Å². The van der Waals surface area contributed by atoms with Gasteiger partial charge in [-0.2, -0.15) is 0 Å². The molecule has 14 aromatic rings. The average molecular weight is 1130 g/mol. The Morgan fingerprint density at radius 2 is 0.833 bits per heavy atom. The van der Waals surface area contributed by atoms with Gasteiger partial charge in [-0.1, -0.05) is 266 Å². The van der Waals surface area contributed by atoms with Crippen molar-refractivity contribution in [2.45, 2.75) is 63.4 Å². The van der Waals surface area contributed by atoms with E-state index in [1.165, 1.54) is 163 Å². The molecular formula is C79H56N2S2Si. The molecular weight excluding hydrogens is 1070 g/mol. The van der Waals surface area contributed by atoms with Crippen LogP contribution < -0.4 is 5.19 Å². The van der Waals surface area contributed by atoms with Crippen molar-refractivity contribution >= 4 is 80.4 Å². The van der Waals surface area contributed by atoms with Gasteiger partial charge >= 0.3 is 0 Å². The van der Waals surface area contributed by atoms with Gasteiger partial charge < -0.3 is 9.13 Å². The molecule has 2 atom stereocenters. The van der Waals surface area contributed by atoms with Gasteiger partial charge in [0.15, 0.2) is 0 Å². The number of rotatable bonds is 5. The number of hydrogen-bond acceptors (Lipinski definition) is 2. The fraction of sp³-hybridized carbons (Fsp3) is 0.0886. The zero-order chi connectivity index (χ0) is 55.8. The van der Waals surface area contributed by atoms with Gasteiger partial charge in [-0.15, -0.1) is 0 Å². The van der Waals surface area contributed by atoms with Gasteiger partial charge in [-0.25, -0.2) is 0 Å². The summed E-state index contributed by atoms with van der Waals surface area (Å²) in [6.45, 7) is 9.58. The topological polar surface area (TPSA) is 9.86 Å². The summed E-state index contributed by atoms with van der Waals surface area (Å²) in [5, 5.41) is 6.65. The molecule has 2 spiro atoms. The second-order valence-electron chi connectivity index (χ2n) is 24.7. The minimum Gasteiger partial charge on any atom is -0.309 e. The first kappa shape index (κ1) is 48.7. The zero-order valence-electron chi connectivity index (χ0n) is 47.2. The van der Waals surface area contributed by atoms with E-state index in [-0.39, 0.29) is 0 Å². The average Bonchev–Trinajstić information content (AvgIpc) is 1.27. The van der Waals surface area contributed by atoms with Crippen molar-refractivity contribution in [3.05, 3.63) is 316 Å².